The second-order valence-electron chi connectivity index (χ2n) is 5.30. The number of hydrogen-bond acceptors (Lipinski definition) is 2. The molecule has 0 unspecified atom stereocenters. The SMILES string of the molecule is CCC(CC)CN(CC)C(=O)[C@@H](N)CC(C)C.Cl. The van der Waals surface area contributed by atoms with Gasteiger partial charge >= 0.3 is 0 Å². The number of carbonyl (C=O) groups excluding carboxylic acids is 1. The molecule has 0 aromatic carbocycles. The normalized spacial score (nSPS) is 12.4. The maximum absolute atomic E-state index is 12.2. The maximum Gasteiger partial charge on any atom is 0.239 e. The molecular formula is C14H31ClN2O. The summed E-state index contributed by atoms with van der Waals surface area (Å²) in [6.45, 7) is 12.2. The van der Waals surface area contributed by atoms with Crippen LogP contribution in [0.3, 0.4) is 0 Å². The number of nitrogens with zero attached hydrogens (tertiary/aromatic N) is 1. The highest BCUT2D eigenvalue weighted by Crippen LogP contribution is 2.12. The summed E-state index contributed by atoms with van der Waals surface area (Å²) in [6, 6.07) is -0.329. The zero-order valence-corrected chi connectivity index (χ0v) is 13.4. The van der Waals surface area contributed by atoms with E-state index in [2.05, 4.69) is 27.7 Å². The van der Waals surface area contributed by atoms with E-state index in [0.29, 0.717) is 11.8 Å². The molecule has 0 heterocycles. The van der Waals surface area contributed by atoms with Crippen LogP contribution >= 0.6 is 12.4 Å². The Bertz CT molecular complexity index is 218. The van der Waals surface area contributed by atoms with Crippen molar-refractivity contribution in [2.75, 3.05) is 13.1 Å². The van der Waals surface area contributed by atoms with Gasteiger partial charge in [-0.05, 0) is 25.2 Å². The minimum Gasteiger partial charge on any atom is -0.341 e. The highest BCUT2D eigenvalue weighted by atomic mass is 35.5. The van der Waals surface area contributed by atoms with E-state index in [0.717, 1.165) is 32.4 Å². The average molecular weight is 279 g/mol. The Kier molecular flexibility index (Phi) is 11.8. The van der Waals surface area contributed by atoms with E-state index < -0.39 is 0 Å². The number of halogens is 1. The Morgan fingerprint density at radius 1 is 1.17 bits per heavy atom. The second-order valence-corrected chi connectivity index (χ2v) is 5.30. The minimum atomic E-state index is -0.329. The molecule has 0 aliphatic carbocycles. The molecule has 4 heteroatoms. The Hall–Kier alpha value is -0.280. The first-order valence-electron chi connectivity index (χ1n) is 7.00. The maximum atomic E-state index is 12.2. The Morgan fingerprint density at radius 3 is 2.00 bits per heavy atom. The molecule has 0 aromatic heterocycles. The van der Waals surface area contributed by atoms with E-state index in [9.17, 15) is 4.79 Å². The smallest absolute Gasteiger partial charge is 0.239 e. The van der Waals surface area contributed by atoms with Crippen molar-refractivity contribution in [2.24, 2.45) is 17.6 Å². The lowest BCUT2D eigenvalue weighted by Gasteiger charge is -2.28. The zero-order valence-electron chi connectivity index (χ0n) is 12.6. The fourth-order valence-electron chi connectivity index (χ4n) is 2.08. The van der Waals surface area contributed by atoms with Crippen molar-refractivity contribution in [3.05, 3.63) is 0 Å². The number of hydrogen-bond donors (Lipinski definition) is 1. The first-order chi connectivity index (χ1) is 7.96. The molecule has 3 nitrogen and oxygen atoms in total. The van der Waals surface area contributed by atoms with Crippen LogP contribution in [0.1, 0.15) is 53.9 Å². The third-order valence-electron chi connectivity index (χ3n) is 3.37. The molecule has 0 saturated heterocycles. The third kappa shape index (κ3) is 7.22. The lowest BCUT2D eigenvalue weighted by atomic mass is 10.0. The van der Waals surface area contributed by atoms with Gasteiger partial charge in [0.05, 0.1) is 6.04 Å². The largest absolute Gasteiger partial charge is 0.341 e. The third-order valence-corrected chi connectivity index (χ3v) is 3.37. The minimum absolute atomic E-state index is 0. The van der Waals surface area contributed by atoms with Gasteiger partial charge in [-0.3, -0.25) is 4.79 Å². The molecule has 0 aliphatic rings. The molecule has 0 aromatic rings. The summed E-state index contributed by atoms with van der Waals surface area (Å²) in [7, 11) is 0. The molecular weight excluding hydrogens is 248 g/mol. The van der Waals surface area contributed by atoms with Crippen LogP contribution in [0.4, 0.5) is 0 Å². The zero-order chi connectivity index (χ0) is 13.4. The standard InChI is InChI=1S/C14H30N2O.ClH/c1-6-12(7-2)10-16(8-3)14(17)13(15)9-11(4)5;/h11-13H,6-10,15H2,1-5H3;1H/t13-;/m0./s1. The Balaban J connectivity index is 0. The van der Waals surface area contributed by atoms with Crippen LogP contribution in [0.5, 0.6) is 0 Å². The van der Waals surface area contributed by atoms with Gasteiger partial charge in [0.2, 0.25) is 5.91 Å². The van der Waals surface area contributed by atoms with Crippen LogP contribution in [-0.2, 0) is 4.79 Å². The molecule has 0 aliphatic heterocycles. The van der Waals surface area contributed by atoms with Crippen LogP contribution in [0.25, 0.3) is 0 Å². The Labute approximate surface area is 119 Å². The lowest BCUT2D eigenvalue weighted by molar-refractivity contribution is -0.133. The van der Waals surface area contributed by atoms with Gasteiger partial charge < -0.3 is 10.6 Å². The molecule has 0 bridgehead atoms. The van der Waals surface area contributed by atoms with Crippen LogP contribution < -0.4 is 5.73 Å². The lowest BCUT2D eigenvalue weighted by Crippen LogP contribution is -2.46. The van der Waals surface area contributed by atoms with E-state index in [4.69, 9.17) is 5.73 Å². The summed E-state index contributed by atoms with van der Waals surface area (Å²) in [5.74, 6) is 1.19. The fraction of sp³-hybridized carbons (Fsp3) is 0.929. The first kappa shape index (κ1) is 20.0. The van der Waals surface area contributed by atoms with Crippen molar-refractivity contribution in [1.29, 1.82) is 0 Å². The highest BCUT2D eigenvalue weighted by Gasteiger charge is 2.22. The van der Waals surface area contributed by atoms with Crippen LogP contribution in [-0.4, -0.2) is 29.9 Å². The van der Waals surface area contributed by atoms with Crippen molar-refractivity contribution in [3.8, 4) is 0 Å². The second kappa shape index (κ2) is 10.6. The summed E-state index contributed by atoms with van der Waals surface area (Å²) in [4.78, 5) is 14.1. The van der Waals surface area contributed by atoms with Gasteiger partial charge in [0.1, 0.15) is 0 Å². The Morgan fingerprint density at radius 2 is 1.67 bits per heavy atom. The molecule has 0 saturated carbocycles. The number of carbonyl (C=O) groups is 1. The van der Waals surface area contributed by atoms with Gasteiger partial charge in [-0.2, -0.15) is 0 Å². The summed E-state index contributed by atoms with van der Waals surface area (Å²) in [5.41, 5.74) is 5.96. The van der Waals surface area contributed by atoms with Crippen LogP contribution in [0.2, 0.25) is 0 Å². The number of nitrogens with two attached hydrogens (primary N) is 1. The van der Waals surface area contributed by atoms with Crippen LogP contribution in [0, 0.1) is 11.8 Å². The molecule has 1 amide bonds. The van der Waals surface area contributed by atoms with Gasteiger partial charge in [0.25, 0.3) is 0 Å². The predicted molar refractivity (Wildman–Crippen MR) is 81.0 cm³/mol. The van der Waals surface area contributed by atoms with Gasteiger partial charge in [0, 0.05) is 13.1 Å². The fourth-order valence-corrected chi connectivity index (χ4v) is 2.08. The van der Waals surface area contributed by atoms with Gasteiger partial charge in [-0.15, -0.1) is 12.4 Å². The van der Waals surface area contributed by atoms with E-state index in [1.807, 2.05) is 11.8 Å². The first-order valence-corrected chi connectivity index (χ1v) is 7.00. The molecule has 1 atom stereocenters. The number of amides is 1. The molecule has 2 N–H and O–H groups in total. The van der Waals surface area contributed by atoms with E-state index >= 15 is 0 Å². The van der Waals surface area contributed by atoms with Crippen LogP contribution in [0.15, 0.2) is 0 Å². The summed E-state index contributed by atoms with van der Waals surface area (Å²) >= 11 is 0. The average Bonchev–Trinajstić information content (AvgIpc) is 2.29. The van der Waals surface area contributed by atoms with Crippen molar-refractivity contribution in [3.63, 3.8) is 0 Å². The summed E-state index contributed by atoms with van der Waals surface area (Å²) in [5, 5.41) is 0. The number of likely N-dealkylation sites (N-methyl/N-ethyl adjacent to an activating group) is 1. The molecule has 110 valence electrons. The summed E-state index contributed by atoms with van der Waals surface area (Å²) in [6.07, 6.45) is 3.03. The highest BCUT2D eigenvalue weighted by molar-refractivity contribution is 5.85. The quantitative estimate of drug-likeness (QED) is 0.742. The summed E-state index contributed by atoms with van der Waals surface area (Å²) < 4.78 is 0. The van der Waals surface area contributed by atoms with Gasteiger partial charge in [-0.1, -0.05) is 40.5 Å². The van der Waals surface area contributed by atoms with Crippen molar-refractivity contribution in [1.82, 2.24) is 4.90 Å². The van der Waals surface area contributed by atoms with Crippen molar-refractivity contribution < 1.29 is 4.79 Å². The molecule has 0 fully saturated rings. The molecule has 18 heavy (non-hydrogen) atoms. The molecule has 0 rings (SSSR count). The number of rotatable bonds is 8. The van der Waals surface area contributed by atoms with Gasteiger partial charge in [0.15, 0.2) is 0 Å². The topological polar surface area (TPSA) is 46.3 Å². The molecule has 0 spiro atoms. The van der Waals surface area contributed by atoms with E-state index in [-0.39, 0.29) is 24.4 Å². The van der Waals surface area contributed by atoms with E-state index in [1.54, 1.807) is 0 Å². The van der Waals surface area contributed by atoms with Crippen molar-refractivity contribution in [2.45, 2.75) is 59.9 Å². The van der Waals surface area contributed by atoms with E-state index in [1.165, 1.54) is 0 Å². The van der Waals surface area contributed by atoms with Crippen molar-refractivity contribution >= 4 is 18.3 Å². The molecule has 0 radical (unpaired) electrons. The predicted octanol–water partition coefficient (Wildman–Crippen LogP) is 3.07. The van der Waals surface area contributed by atoms with Gasteiger partial charge in [-0.25, -0.2) is 0 Å². The monoisotopic (exact) mass is 278 g/mol.